The Hall–Kier alpha value is -3.41. The molecule has 2 heterocycles. The lowest BCUT2D eigenvalue weighted by molar-refractivity contribution is -0.137. The van der Waals surface area contributed by atoms with Gasteiger partial charge in [0.25, 0.3) is 5.91 Å². The number of hydrogen-bond donors (Lipinski definition) is 3. The number of likely N-dealkylation sites (tertiary alicyclic amines) is 1. The van der Waals surface area contributed by atoms with Crippen molar-refractivity contribution in [3.8, 4) is 0 Å². The Balaban J connectivity index is 1.48. The molecule has 39 heavy (non-hydrogen) atoms. The Morgan fingerprint density at radius 1 is 1.03 bits per heavy atom. The second-order valence-electron chi connectivity index (χ2n) is 10.4. The first-order valence-corrected chi connectivity index (χ1v) is 13.3. The van der Waals surface area contributed by atoms with Crippen LogP contribution in [0, 0.1) is 0 Å². The van der Waals surface area contributed by atoms with Crippen molar-refractivity contribution in [2.45, 2.75) is 69.8 Å². The van der Waals surface area contributed by atoms with Crippen LogP contribution in [-0.2, 0) is 11.0 Å². The Bertz CT molecular complexity index is 1150. The average Bonchev–Trinajstić information content (AvgIpc) is 2.89. The molecule has 12 heteroatoms. The molecule has 1 saturated carbocycles. The topological polar surface area (TPSA) is 102 Å². The minimum absolute atomic E-state index is 0.0140. The minimum Gasteiger partial charge on any atom is -0.365 e. The molecule has 2 fully saturated rings. The minimum atomic E-state index is -4.65. The molecule has 1 saturated heterocycles. The molecule has 1 aromatic heterocycles. The zero-order chi connectivity index (χ0) is 28.2. The molecule has 212 valence electrons. The summed E-state index contributed by atoms with van der Waals surface area (Å²) in [5.74, 6) is -0.655. The van der Waals surface area contributed by atoms with Gasteiger partial charge < -0.3 is 25.8 Å². The summed E-state index contributed by atoms with van der Waals surface area (Å²) in [4.78, 5) is 36.7. The van der Waals surface area contributed by atoms with Crippen molar-refractivity contribution in [1.82, 2.24) is 25.1 Å². The van der Waals surface area contributed by atoms with Gasteiger partial charge in [-0.05, 0) is 70.1 Å². The average molecular weight is 548 g/mol. The molecule has 9 nitrogen and oxygen atoms in total. The summed E-state index contributed by atoms with van der Waals surface area (Å²) in [7, 11) is 3.89. The largest absolute Gasteiger partial charge is 0.421 e. The summed E-state index contributed by atoms with van der Waals surface area (Å²) >= 11 is 0. The van der Waals surface area contributed by atoms with Crippen molar-refractivity contribution in [3.63, 3.8) is 0 Å². The fourth-order valence-electron chi connectivity index (χ4n) is 5.25. The lowest BCUT2D eigenvalue weighted by Crippen LogP contribution is -2.48. The van der Waals surface area contributed by atoms with Crippen LogP contribution in [-0.4, -0.2) is 76.9 Å². The number of carbonyl (C=O) groups excluding carboxylic acids is 2. The third-order valence-electron chi connectivity index (χ3n) is 7.52. The first kappa shape index (κ1) is 28.6. The van der Waals surface area contributed by atoms with Gasteiger partial charge in [-0.25, -0.2) is 4.98 Å². The number of alkyl halides is 3. The summed E-state index contributed by atoms with van der Waals surface area (Å²) in [6, 6.07) is 6.22. The van der Waals surface area contributed by atoms with E-state index in [0.717, 1.165) is 45.0 Å². The molecule has 0 spiro atoms. The van der Waals surface area contributed by atoms with Crippen LogP contribution in [0.3, 0.4) is 0 Å². The highest BCUT2D eigenvalue weighted by molar-refractivity contribution is 5.94. The van der Waals surface area contributed by atoms with E-state index in [1.807, 2.05) is 7.05 Å². The fourth-order valence-corrected chi connectivity index (χ4v) is 5.25. The van der Waals surface area contributed by atoms with Gasteiger partial charge in [0.15, 0.2) is 0 Å². The van der Waals surface area contributed by atoms with Gasteiger partial charge in [-0.3, -0.25) is 9.59 Å². The van der Waals surface area contributed by atoms with E-state index in [9.17, 15) is 22.8 Å². The van der Waals surface area contributed by atoms with Gasteiger partial charge in [-0.1, -0.05) is 12.8 Å². The van der Waals surface area contributed by atoms with Crippen molar-refractivity contribution in [3.05, 3.63) is 41.6 Å². The number of carbonyl (C=O) groups is 2. The van der Waals surface area contributed by atoms with Crippen LogP contribution >= 0.6 is 0 Å². The van der Waals surface area contributed by atoms with E-state index >= 15 is 0 Å². The van der Waals surface area contributed by atoms with Crippen molar-refractivity contribution in [2.24, 2.45) is 0 Å². The normalized spacial score (nSPS) is 20.8. The zero-order valence-electron chi connectivity index (χ0n) is 22.5. The van der Waals surface area contributed by atoms with Gasteiger partial charge >= 0.3 is 6.18 Å². The SMILES string of the molecule is CC(=O)NC1CCCCC1Nc1nc(Nc2ccc(C(=O)N(C)C3CCN(C)CC3)cc2)ncc1C(F)(F)F. The molecule has 0 bridgehead atoms. The molecular formula is C27H36F3N7O2. The molecule has 1 aliphatic heterocycles. The summed E-state index contributed by atoms with van der Waals surface area (Å²) in [6.45, 7) is 3.29. The second kappa shape index (κ2) is 12.2. The van der Waals surface area contributed by atoms with Crippen LogP contribution < -0.4 is 16.0 Å². The van der Waals surface area contributed by atoms with Crippen molar-refractivity contribution >= 4 is 29.3 Å². The molecule has 2 aliphatic rings. The summed E-state index contributed by atoms with van der Waals surface area (Å²) in [5.41, 5.74) is 0.0880. The highest BCUT2D eigenvalue weighted by atomic mass is 19.4. The predicted octanol–water partition coefficient (Wildman–Crippen LogP) is 4.26. The molecule has 4 rings (SSSR count). The van der Waals surface area contributed by atoms with E-state index in [1.54, 1.807) is 29.2 Å². The van der Waals surface area contributed by atoms with Crippen molar-refractivity contribution in [2.75, 3.05) is 37.8 Å². The highest BCUT2D eigenvalue weighted by Crippen LogP contribution is 2.35. The van der Waals surface area contributed by atoms with Gasteiger partial charge in [-0.15, -0.1) is 0 Å². The van der Waals surface area contributed by atoms with Crippen molar-refractivity contribution in [1.29, 1.82) is 0 Å². The second-order valence-corrected chi connectivity index (χ2v) is 10.4. The lowest BCUT2D eigenvalue weighted by atomic mass is 9.90. The standard InChI is InChI=1S/C27H36F3N7O2/c1-17(38)32-22-6-4-5-7-23(22)34-24-21(27(28,29)30)16-31-26(35-24)33-19-10-8-18(9-11-19)25(39)37(3)20-12-14-36(2)15-13-20/h8-11,16,20,22-23H,4-7,12-15H2,1-3H3,(H,32,38)(H2,31,33,34,35). The molecule has 3 N–H and O–H groups in total. The number of aromatic nitrogens is 2. The number of benzene rings is 1. The third-order valence-corrected chi connectivity index (χ3v) is 7.52. The van der Waals surface area contributed by atoms with E-state index in [0.29, 0.717) is 24.1 Å². The lowest BCUT2D eigenvalue weighted by Gasteiger charge is -2.35. The first-order chi connectivity index (χ1) is 18.5. The van der Waals surface area contributed by atoms with Crippen LogP contribution in [0.25, 0.3) is 0 Å². The van der Waals surface area contributed by atoms with Crippen LogP contribution in [0.2, 0.25) is 0 Å². The number of anilines is 3. The molecule has 1 aliphatic carbocycles. The maximum atomic E-state index is 13.8. The number of hydrogen-bond acceptors (Lipinski definition) is 7. The highest BCUT2D eigenvalue weighted by Gasteiger charge is 2.37. The molecule has 1 aromatic carbocycles. The number of nitrogens with zero attached hydrogens (tertiary/aromatic N) is 4. The zero-order valence-corrected chi connectivity index (χ0v) is 22.5. The van der Waals surface area contributed by atoms with Gasteiger partial charge in [0.2, 0.25) is 11.9 Å². The van der Waals surface area contributed by atoms with Crippen LogP contribution in [0.15, 0.2) is 30.5 Å². The number of piperidine rings is 1. The molecule has 2 aromatic rings. The predicted molar refractivity (Wildman–Crippen MR) is 143 cm³/mol. The maximum Gasteiger partial charge on any atom is 0.421 e. The summed E-state index contributed by atoms with van der Waals surface area (Å²) in [6.07, 6.45) is 0.951. The molecule has 2 unspecified atom stereocenters. The number of halogens is 3. The van der Waals surface area contributed by atoms with E-state index in [2.05, 4.69) is 37.9 Å². The fraction of sp³-hybridized carbons (Fsp3) is 0.556. The Labute approximate surface area is 226 Å². The first-order valence-electron chi connectivity index (χ1n) is 13.3. The van der Waals surface area contributed by atoms with Crippen LogP contribution in [0.4, 0.5) is 30.6 Å². The van der Waals surface area contributed by atoms with E-state index in [-0.39, 0.29) is 35.7 Å². The summed E-state index contributed by atoms with van der Waals surface area (Å²) in [5, 5.41) is 8.70. The van der Waals surface area contributed by atoms with Crippen LogP contribution in [0.1, 0.15) is 61.4 Å². The summed E-state index contributed by atoms with van der Waals surface area (Å²) < 4.78 is 41.3. The Morgan fingerprint density at radius 2 is 1.67 bits per heavy atom. The van der Waals surface area contributed by atoms with Gasteiger partial charge in [-0.2, -0.15) is 18.2 Å². The smallest absolute Gasteiger partial charge is 0.365 e. The third kappa shape index (κ3) is 7.37. The van der Waals surface area contributed by atoms with Gasteiger partial charge in [0.05, 0.1) is 0 Å². The monoisotopic (exact) mass is 547 g/mol. The molecule has 2 amide bonds. The quantitative estimate of drug-likeness (QED) is 0.476. The Morgan fingerprint density at radius 3 is 2.28 bits per heavy atom. The number of amides is 2. The van der Waals surface area contributed by atoms with E-state index < -0.39 is 17.8 Å². The Kier molecular flexibility index (Phi) is 8.94. The maximum absolute atomic E-state index is 13.8. The van der Waals surface area contributed by atoms with Gasteiger partial charge in [0.1, 0.15) is 11.4 Å². The molecule has 0 radical (unpaired) electrons. The number of nitrogens with one attached hydrogen (secondary N) is 3. The number of rotatable bonds is 7. The molecule has 2 atom stereocenters. The van der Waals surface area contributed by atoms with Crippen LogP contribution in [0.5, 0.6) is 0 Å². The van der Waals surface area contributed by atoms with E-state index in [4.69, 9.17) is 0 Å². The molecular weight excluding hydrogens is 511 g/mol. The van der Waals surface area contributed by atoms with Crippen molar-refractivity contribution < 1.29 is 22.8 Å². The van der Waals surface area contributed by atoms with E-state index in [1.165, 1.54) is 6.92 Å². The van der Waals surface area contributed by atoms with Gasteiger partial charge in [0, 0.05) is 49.5 Å².